The first-order valence-electron chi connectivity index (χ1n) is 13.6. The van der Waals surface area contributed by atoms with Gasteiger partial charge in [0, 0.05) is 31.6 Å². The van der Waals surface area contributed by atoms with E-state index in [-0.39, 0.29) is 6.10 Å². The lowest BCUT2D eigenvalue weighted by Crippen LogP contribution is -2.43. The third-order valence-electron chi connectivity index (χ3n) is 7.43. The number of morpholine rings is 1. The lowest BCUT2D eigenvalue weighted by Gasteiger charge is -2.33. The highest BCUT2D eigenvalue weighted by Crippen LogP contribution is 2.32. The van der Waals surface area contributed by atoms with Gasteiger partial charge in [0.25, 0.3) is 0 Å². The van der Waals surface area contributed by atoms with Gasteiger partial charge in [0.2, 0.25) is 0 Å². The summed E-state index contributed by atoms with van der Waals surface area (Å²) in [5, 5.41) is 5.76. The van der Waals surface area contributed by atoms with Crippen LogP contribution in [0.3, 0.4) is 0 Å². The van der Waals surface area contributed by atoms with Crippen molar-refractivity contribution in [2.75, 3.05) is 25.4 Å². The molecule has 9 nitrogen and oxygen atoms in total. The molecule has 1 unspecified atom stereocenters. The summed E-state index contributed by atoms with van der Waals surface area (Å²) in [4.78, 5) is 19.6. The summed E-state index contributed by atoms with van der Waals surface area (Å²) < 4.78 is 8.08. The van der Waals surface area contributed by atoms with Gasteiger partial charge in [-0.05, 0) is 23.3 Å². The standard InChI is InChI=1S/C31H30N8O/c32-30-28-29(23-11-12-25-26(16-23)36-27(35-25)15-21-7-3-1-4-8-21)37-39(31(28)34-20-33-30)19-24-18-38(13-14-40-24)17-22-9-5-2-6-10-22/h1-12,16,20,24H,13-15,17-19H2,(H,35,36)(H2,32,33,34). The molecule has 3 aromatic heterocycles. The van der Waals surface area contributed by atoms with E-state index in [9.17, 15) is 0 Å². The first kappa shape index (κ1) is 24.4. The van der Waals surface area contributed by atoms with Crippen LogP contribution in [0.1, 0.15) is 17.0 Å². The number of aromatic amines is 1. The average molecular weight is 531 g/mol. The second-order valence-corrected chi connectivity index (χ2v) is 10.3. The Kier molecular flexibility index (Phi) is 6.43. The number of ether oxygens (including phenoxy) is 1. The van der Waals surface area contributed by atoms with Crippen LogP contribution in [0.2, 0.25) is 0 Å². The van der Waals surface area contributed by atoms with Crippen LogP contribution >= 0.6 is 0 Å². The van der Waals surface area contributed by atoms with Crippen molar-refractivity contribution in [3.8, 4) is 11.3 Å². The Balaban J connectivity index is 1.17. The predicted molar refractivity (Wildman–Crippen MR) is 156 cm³/mol. The highest BCUT2D eigenvalue weighted by molar-refractivity contribution is 5.99. The lowest BCUT2D eigenvalue weighted by molar-refractivity contribution is -0.0397. The van der Waals surface area contributed by atoms with Gasteiger partial charge in [0.15, 0.2) is 5.65 Å². The van der Waals surface area contributed by atoms with E-state index in [0.717, 1.165) is 59.6 Å². The summed E-state index contributed by atoms with van der Waals surface area (Å²) in [5.41, 5.74) is 13.2. The molecule has 1 aliphatic rings. The fraction of sp³-hybridized carbons (Fsp3) is 0.226. The van der Waals surface area contributed by atoms with Gasteiger partial charge in [-0.1, -0.05) is 66.7 Å². The van der Waals surface area contributed by atoms with Gasteiger partial charge in [-0.25, -0.2) is 19.6 Å². The molecule has 3 N–H and O–H groups in total. The zero-order valence-corrected chi connectivity index (χ0v) is 22.1. The van der Waals surface area contributed by atoms with Crippen LogP contribution in [-0.4, -0.2) is 60.4 Å². The summed E-state index contributed by atoms with van der Waals surface area (Å²) in [6.07, 6.45) is 2.23. The minimum atomic E-state index is -0.0137. The van der Waals surface area contributed by atoms with Gasteiger partial charge in [0.1, 0.15) is 23.7 Å². The van der Waals surface area contributed by atoms with Gasteiger partial charge >= 0.3 is 0 Å². The Morgan fingerprint density at radius 2 is 1.75 bits per heavy atom. The maximum absolute atomic E-state index is 6.39. The van der Waals surface area contributed by atoms with Gasteiger partial charge in [-0.15, -0.1) is 0 Å². The number of nitrogen functional groups attached to an aromatic ring is 1. The molecule has 7 rings (SSSR count). The third-order valence-corrected chi connectivity index (χ3v) is 7.43. The number of hydrogen-bond donors (Lipinski definition) is 2. The quantitative estimate of drug-likeness (QED) is 0.314. The molecule has 3 aromatic carbocycles. The topological polar surface area (TPSA) is 111 Å². The van der Waals surface area contributed by atoms with E-state index in [1.54, 1.807) is 0 Å². The molecule has 6 aromatic rings. The number of nitrogens with zero attached hydrogens (tertiary/aromatic N) is 6. The first-order chi connectivity index (χ1) is 19.7. The number of imidazole rings is 1. The highest BCUT2D eigenvalue weighted by Gasteiger charge is 2.24. The van der Waals surface area contributed by atoms with E-state index < -0.39 is 0 Å². The molecule has 0 spiro atoms. The zero-order valence-electron chi connectivity index (χ0n) is 22.1. The number of nitrogens with two attached hydrogens (primary N) is 1. The van der Waals surface area contributed by atoms with E-state index in [0.29, 0.717) is 24.6 Å². The lowest BCUT2D eigenvalue weighted by atomic mass is 10.1. The normalized spacial score (nSPS) is 16.1. The molecule has 0 aliphatic carbocycles. The SMILES string of the molecule is Nc1ncnc2c1c(-c1ccc3nc(Cc4ccccc4)[nH]c3c1)nn2CC1CN(Cc2ccccc2)CCO1. The van der Waals surface area contributed by atoms with Crippen molar-refractivity contribution >= 4 is 27.9 Å². The van der Waals surface area contributed by atoms with Crippen molar-refractivity contribution in [2.24, 2.45) is 0 Å². The van der Waals surface area contributed by atoms with Gasteiger partial charge in [0.05, 0.1) is 35.7 Å². The number of benzene rings is 3. The fourth-order valence-electron chi connectivity index (χ4n) is 5.51. The highest BCUT2D eigenvalue weighted by atomic mass is 16.5. The molecule has 4 heterocycles. The van der Waals surface area contributed by atoms with Crippen molar-refractivity contribution < 1.29 is 4.74 Å². The fourth-order valence-corrected chi connectivity index (χ4v) is 5.51. The van der Waals surface area contributed by atoms with Crippen LogP contribution < -0.4 is 5.73 Å². The van der Waals surface area contributed by atoms with E-state index in [1.165, 1.54) is 17.5 Å². The number of H-pyrrole nitrogens is 1. The molecule has 9 heteroatoms. The molecule has 0 bridgehead atoms. The summed E-state index contributed by atoms with van der Waals surface area (Å²) in [6.45, 7) is 3.88. The summed E-state index contributed by atoms with van der Waals surface area (Å²) in [5.74, 6) is 1.34. The number of hydrogen-bond acceptors (Lipinski definition) is 7. The molecule has 1 aliphatic heterocycles. The average Bonchev–Trinajstić information content (AvgIpc) is 3.55. The van der Waals surface area contributed by atoms with Crippen molar-refractivity contribution in [1.82, 2.24) is 34.6 Å². The summed E-state index contributed by atoms with van der Waals surface area (Å²) in [7, 11) is 0. The number of rotatable bonds is 7. The second-order valence-electron chi connectivity index (χ2n) is 10.3. The van der Waals surface area contributed by atoms with Gasteiger partial charge < -0.3 is 15.5 Å². The summed E-state index contributed by atoms with van der Waals surface area (Å²) in [6, 6.07) is 27.0. The maximum Gasteiger partial charge on any atom is 0.164 e. The van der Waals surface area contributed by atoms with Crippen LogP contribution in [0.25, 0.3) is 33.3 Å². The number of fused-ring (bicyclic) bond motifs is 2. The summed E-state index contributed by atoms with van der Waals surface area (Å²) >= 11 is 0. The van der Waals surface area contributed by atoms with Crippen LogP contribution in [0.5, 0.6) is 0 Å². The van der Waals surface area contributed by atoms with Crippen LogP contribution in [0.4, 0.5) is 5.82 Å². The minimum absolute atomic E-state index is 0.0137. The largest absolute Gasteiger partial charge is 0.383 e. The number of anilines is 1. The van der Waals surface area contributed by atoms with Crippen molar-refractivity contribution in [3.63, 3.8) is 0 Å². The van der Waals surface area contributed by atoms with Crippen molar-refractivity contribution in [3.05, 3.63) is 102 Å². The molecule has 0 amide bonds. The Morgan fingerprint density at radius 3 is 2.58 bits per heavy atom. The molecule has 1 saturated heterocycles. The van der Waals surface area contributed by atoms with Gasteiger partial charge in [-0.3, -0.25) is 4.90 Å². The molecule has 1 fully saturated rings. The van der Waals surface area contributed by atoms with E-state index in [2.05, 4.69) is 62.3 Å². The first-order valence-corrected chi connectivity index (χ1v) is 13.6. The van der Waals surface area contributed by atoms with Crippen molar-refractivity contribution in [2.45, 2.75) is 25.6 Å². The Bertz CT molecular complexity index is 1760. The van der Waals surface area contributed by atoms with Gasteiger partial charge in [-0.2, -0.15) is 5.10 Å². The van der Waals surface area contributed by atoms with E-state index in [4.69, 9.17) is 20.6 Å². The number of aromatic nitrogens is 6. The van der Waals surface area contributed by atoms with Crippen LogP contribution in [-0.2, 0) is 24.2 Å². The Labute approximate surface area is 231 Å². The van der Waals surface area contributed by atoms with Crippen LogP contribution in [0, 0.1) is 0 Å². The maximum atomic E-state index is 6.39. The number of nitrogens with one attached hydrogen (secondary N) is 1. The molecule has 0 radical (unpaired) electrons. The van der Waals surface area contributed by atoms with E-state index in [1.807, 2.05) is 41.1 Å². The molecule has 0 saturated carbocycles. The second kappa shape index (κ2) is 10.5. The predicted octanol–water partition coefficient (Wildman–Crippen LogP) is 4.44. The van der Waals surface area contributed by atoms with Crippen molar-refractivity contribution in [1.29, 1.82) is 0 Å². The Hall–Kier alpha value is -4.60. The minimum Gasteiger partial charge on any atom is -0.383 e. The molecular weight excluding hydrogens is 500 g/mol. The molecular formula is C31H30N8O. The Morgan fingerprint density at radius 1 is 0.950 bits per heavy atom. The monoisotopic (exact) mass is 530 g/mol. The van der Waals surface area contributed by atoms with E-state index >= 15 is 0 Å². The molecule has 200 valence electrons. The smallest absolute Gasteiger partial charge is 0.164 e. The third kappa shape index (κ3) is 4.92. The molecule has 1 atom stereocenters. The van der Waals surface area contributed by atoms with Crippen LogP contribution in [0.15, 0.2) is 85.2 Å². The molecule has 40 heavy (non-hydrogen) atoms. The zero-order chi connectivity index (χ0) is 26.9.